The number of nitrogens with zero attached hydrogens (tertiary/aromatic N) is 1. The Balaban J connectivity index is 2.40. The van der Waals surface area contributed by atoms with Crippen molar-refractivity contribution in [1.29, 1.82) is 0 Å². The fourth-order valence-electron chi connectivity index (χ4n) is 2.74. The van der Waals surface area contributed by atoms with Gasteiger partial charge in [-0.15, -0.1) is 0 Å². The van der Waals surface area contributed by atoms with Gasteiger partial charge in [-0.2, -0.15) is 0 Å². The highest BCUT2D eigenvalue weighted by Gasteiger charge is 2.46. The molecule has 0 unspecified atom stereocenters. The summed E-state index contributed by atoms with van der Waals surface area (Å²) in [7, 11) is 1.27. The zero-order chi connectivity index (χ0) is 17.2. The molecular weight excluding hydrogens is 294 g/mol. The normalized spacial score (nSPS) is 20.9. The lowest BCUT2D eigenvalue weighted by Gasteiger charge is -2.35. The first-order chi connectivity index (χ1) is 10.8. The van der Waals surface area contributed by atoms with E-state index in [0.717, 1.165) is 5.56 Å². The predicted octanol–water partition coefficient (Wildman–Crippen LogP) is 3.30. The standard InChI is InChI=1S/C18H21NO4/c1-11-5-7-12(8-6-11)19-10-13-14(20)9-18(2,3)15(16(13)21)17(22)23-4/h5-8,10,15,21H,9H2,1-4H3/t15-/m1/s1. The second-order valence-electron chi connectivity index (χ2n) is 6.44. The van der Waals surface area contributed by atoms with Crippen molar-refractivity contribution in [3.63, 3.8) is 0 Å². The van der Waals surface area contributed by atoms with E-state index >= 15 is 0 Å². The summed E-state index contributed by atoms with van der Waals surface area (Å²) in [6.07, 6.45) is 1.47. The van der Waals surface area contributed by atoms with Gasteiger partial charge in [-0.25, -0.2) is 0 Å². The van der Waals surface area contributed by atoms with Crippen LogP contribution in [0.25, 0.3) is 0 Å². The zero-order valence-electron chi connectivity index (χ0n) is 13.8. The number of esters is 1. The minimum atomic E-state index is -0.871. The highest BCUT2D eigenvalue weighted by molar-refractivity contribution is 6.15. The lowest BCUT2D eigenvalue weighted by Crippen LogP contribution is -2.40. The van der Waals surface area contributed by atoms with Gasteiger partial charge in [0.1, 0.15) is 11.7 Å². The van der Waals surface area contributed by atoms with Crippen molar-refractivity contribution >= 4 is 23.7 Å². The number of hydrogen-bond donors (Lipinski definition) is 1. The average Bonchev–Trinajstić information content (AvgIpc) is 2.47. The number of carbonyl (C=O) groups excluding carboxylic acids is 2. The maximum Gasteiger partial charge on any atom is 0.316 e. The summed E-state index contributed by atoms with van der Waals surface area (Å²) in [6.45, 7) is 5.49. The number of ether oxygens (including phenoxy) is 1. The lowest BCUT2D eigenvalue weighted by atomic mass is 9.68. The summed E-state index contributed by atoms with van der Waals surface area (Å²) < 4.78 is 4.77. The molecule has 0 aliphatic heterocycles. The van der Waals surface area contributed by atoms with Crippen molar-refractivity contribution in [3.8, 4) is 0 Å². The number of aryl methyl sites for hydroxylation is 1. The molecule has 5 heteroatoms. The van der Waals surface area contributed by atoms with E-state index in [-0.39, 0.29) is 23.5 Å². The van der Waals surface area contributed by atoms with E-state index in [1.54, 1.807) is 13.8 Å². The molecule has 1 aliphatic rings. The SMILES string of the molecule is COC(=O)[C@H]1C(O)=C(C=Nc2ccc(C)cc2)C(=O)CC1(C)C. The number of ketones is 1. The maximum atomic E-state index is 12.3. The Morgan fingerprint density at radius 1 is 1.35 bits per heavy atom. The maximum absolute atomic E-state index is 12.3. The van der Waals surface area contributed by atoms with Crippen molar-refractivity contribution in [1.82, 2.24) is 0 Å². The van der Waals surface area contributed by atoms with E-state index in [0.29, 0.717) is 5.69 Å². The van der Waals surface area contributed by atoms with Crippen molar-refractivity contribution in [3.05, 3.63) is 41.2 Å². The van der Waals surface area contributed by atoms with Gasteiger partial charge in [0.05, 0.1) is 18.4 Å². The lowest BCUT2D eigenvalue weighted by molar-refractivity contribution is -0.150. The monoisotopic (exact) mass is 315 g/mol. The van der Waals surface area contributed by atoms with Gasteiger partial charge in [-0.05, 0) is 24.5 Å². The molecule has 122 valence electrons. The first kappa shape index (κ1) is 16.9. The molecule has 1 aliphatic carbocycles. The number of allylic oxidation sites excluding steroid dienone is 1. The Kier molecular flexibility index (Phi) is 4.68. The van der Waals surface area contributed by atoms with Gasteiger partial charge < -0.3 is 9.84 Å². The van der Waals surface area contributed by atoms with Crippen molar-refractivity contribution < 1.29 is 19.4 Å². The molecule has 0 bridgehead atoms. The molecule has 2 rings (SSSR count). The van der Waals surface area contributed by atoms with Crippen LogP contribution >= 0.6 is 0 Å². The van der Waals surface area contributed by atoms with Gasteiger partial charge in [0.25, 0.3) is 0 Å². The number of benzene rings is 1. The van der Waals surface area contributed by atoms with Crippen molar-refractivity contribution in [2.75, 3.05) is 7.11 Å². The second-order valence-corrected chi connectivity index (χ2v) is 6.44. The van der Waals surface area contributed by atoms with E-state index in [9.17, 15) is 14.7 Å². The fraction of sp³-hybridized carbons (Fsp3) is 0.389. The smallest absolute Gasteiger partial charge is 0.316 e. The van der Waals surface area contributed by atoms with Crippen LogP contribution in [0.2, 0.25) is 0 Å². The molecule has 0 aromatic heterocycles. The molecule has 0 saturated carbocycles. The molecule has 23 heavy (non-hydrogen) atoms. The Labute approximate surface area is 135 Å². The van der Waals surface area contributed by atoms with Gasteiger partial charge in [-0.1, -0.05) is 31.5 Å². The minimum absolute atomic E-state index is 0.0697. The first-order valence-electron chi connectivity index (χ1n) is 7.41. The Morgan fingerprint density at radius 2 is 1.96 bits per heavy atom. The van der Waals surface area contributed by atoms with Gasteiger partial charge in [0.15, 0.2) is 5.78 Å². The number of aliphatic hydroxyl groups is 1. The summed E-state index contributed by atoms with van der Waals surface area (Å²) in [4.78, 5) is 28.5. The van der Waals surface area contributed by atoms with E-state index in [1.807, 2.05) is 31.2 Å². The molecule has 0 saturated heterocycles. The Bertz CT molecular complexity index is 683. The van der Waals surface area contributed by atoms with Crippen LogP contribution in [0.1, 0.15) is 25.8 Å². The summed E-state index contributed by atoms with van der Waals surface area (Å²) in [5.41, 5.74) is 1.14. The third-order valence-corrected chi connectivity index (χ3v) is 4.06. The zero-order valence-corrected chi connectivity index (χ0v) is 13.8. The number of aliphatic hydroxyl groups excluding tert-OH is 1. The summed E-state index contributed by atoms with van der Waals surface area (Å²) in [5.74, 6) is -1.93. The van der Waals surface area contributed by atoms with E-state index in [1.165, 1.54) is 13.3 Å². The number of Topliss-reactive ketones (excluding diaryl/α,β-unsaturated/α-hetero) is 1. The number of hydrogen-bond acceptors (Lipinski definition) is 5. The van der Waals surface area contributed by atoms with Gasteiger partial charge >= 0.3 is 5.97 Å². The van der Waals surface area contributed by atoms with E-state index < -0.39 is 17.3 Å². The highest BCUT2D eigenvalue weighted by Crippen LogP contribution is 2.41. The Hall–Kier alpha value is -2.43. The molecule has 0 radical (unpaired) electrons. The fourth-order valence-corrected chi connectivity index (χ4v) is 2.74. The van der Waals surface area contributed by atoms with Gasteiger partial charge in [0.2, 0.25) is 0 Å². The second kappa shape index (κ2) is 6.36. The summed E-state index contributed by atoms with van der Waals surface area (Å²) in [5, 5.41) is 10.4. The first-order valence-corrected chi connectivity index (χ1v) is 7.41. The summed E-state index contributed by atoms with van der Waals surface area (Å²) in [6, 6.07) is 7.45. The van der Waals surface area contributed by atoms with Crippen molar-refractivity contribution in [2.45, 2.75) is 27.2 Å². The van der Waals surface area contributed by atoms with Crippen LogP contribution < -0.4 is 0 Å². The van der Waals surface area contributed by atoms with Crippen LogP contribution in [0.4, 0.5) is 5.69 Å². The van der Waals surface area contributed by atoms with Crippen LogP contribution in [0.3, 0.4) is 0 Å². The third-order valence-electron chi connectivity index (χ3n) is 4.06. The predicted molar refractivity (Wildman–Crippen MR) is 87.9 cm³/mol. The third kappa shape index (κ3) is 3.50. The molecule has 1 aromatic carbocycles. The van der Waals surface area contributed by atoms with Crippen LogP contribution in [-0.2, 0) is 14.3 Å². The van der Waals surface area contributed by atoms with Crippen LogP contribution in [0.5, 0.6) is 0 Å². The molecule has 1 N–H and O–H groups in total. The summed E-state index contributed by atoms with van der Waals surface area (Å²) >= 11 is 0. The largest absolute Gasteiger partial charge is 0.511 e. The quantitative estimate of drug-likeness (QED) is 0.686. The molecule has 5 nitrogen and oxygen atoms in total. The van der Waals surface area contributed by atoms with E-state index in [4.69, 9.17) is 4.74 Å². The molecule has 1 aromatic rings. The molecule has 0 spiro atoms. The van der Waals surface area contributed by atoms with Crippen molar-refractivity contribution in [2.24, 2.45) is 16.3 Å². The number of rotatable bonds is 3. The molecule has 0 heterocycles. The van der Waals surface area contributed by atoms with Gasteiger partial charge in [0, 0.05) is 12.6 Å². The van der Waals surface area contributed by atoms with Crippen LogP contribution in [0.15, 0.2) is 40.6 Å². The molecule has 0 amide bonds. The van der Waals surface area contributed by atoms with Crippen LogP contribution in [-0.4, -0.2) is 30.2 Å². The minimum Gasteiger partial charge on any atom is -0.511 e. The van der Waals surface area contributed by atoms with E-state index in [2.05, 4.69) is 4.99 Å². The highest BCUT2D eigenvalue weighted by atomic mass is 16.5. The Morgan fingerprint density at radius 3 is 2.52 bits per heavy atom. The van der Waals surface area contributed by atoms with Crippen LogP contribution in [0, 0.1) is 18.3 Å². The average molecular weight is 315 g/mol. The van der Waals surface area contributed by atoms with Gasteiger partial charge in [-0.3, -0.25) is 14.6 Å². The number of methoxy groups -OCH3 is 1. The number of aliphatic imine (C=N–C) groups is 1. The topological polar surface area (TPSA) is 76.0 Å². The molecule has 1 atom stereocenters. The molecule has 0 fully saturated rings. The number of carbonyl (C=O) groups is 2. The molecular formula is C18H21NO4.